The van der Waals surface area contributed by atoms with Gasteiger partial charge in [0.25, 0.3) is 0 Å². The average Bonchev–Trinajstić information content (AvgIpc) is 2.68. The third-order valence-corrected chi connectivity index (χ3v) is 3.13. The van der Waals surface area contributed by atoms with Crippen molar-refractivity contribution >= 4 is 11.6 Å². The number of nitrogens with zero attached hydrogens (tertiary/aromatic N) is 1. The summed E-state index contributed by atoms with van der Waals surface area (Å²) in [5.74, 6) is 0.897. The van der Waals surface area contributed by atoms with Gasteiger partial charge in [0.2, 0.25) is 0 Å². The first-order valence-corrected chi connectivity index (χ1v) is 6.62. The van der Waals surface area contributed by atoms with Gasteiger partial charge in [0, 0.05) is 6.04 Å². The molecule has 0 atom stereocenters. The van der Waals surface area contributed by atoms with Crippen molar-refractivity contribution in [3.05, 3.63) is 23.1 Å². The van der Waals surface area contributed by atoms with Crippen LogP contribution in [-0.4, -0.2) is 31.1 Å². The van der Waals surface area contributed by atoms with Gasteiger partial charge >= 0.3 is 0 Å². The van der Waals surface area contributed by atoms with Gasteiger partial charge in [-0.25, -0.2) is 0 Å². The molecule has 0 saturated heterocycles. The molecule has 0 saturated carbocycles. The minimum Gasteiger partial charge on any atom is -0.448 e. The van der Waals surface area contributed by atoms with E-state index in [0.29, 0.717) is 11.3 Å². The highest BCUT2D eigenvalue weighted by Gasteiger charge is 2.02. The zero-order chi connectivity index (χ0) is 12.7. The molecule has 0 aromatic carbocycles. The molecular weight excluding hydrogens is 236 g/mol. The van der Waals surface area contributed by atoms with Gasteiger partial charge < -0.3 is 14.6 Å². The summed E-state index contributed by atoms with van der Waals surface area (Å²) >= 11 is 5.69. The zero-order valence-corrected chi connectivity index (χ0v) is 11.8. The molecule has 1 aromatic heterocycles. The van der Waals surface area contributed by atoms with Crippen molar-refractivity contribution in [1.82, 2.24) is 10.2 Å². The summed E-state index contributed by atoms with van der Waals surface area (Å²) in [5, 5.41) is 3.81. The van der Waals surface area contributed by atoms with Crippen LogP contribution in [0.5, 0.6) is 0 Å². The van der Waals surface area contributed by atoms with E-state index in [1.54, 1.807) is 6.07 Å². The molecule has 0 spiro atoms. The number of furan rings is 1. The number of halogens is 1. The number of rotatable bonds is 8. The maximum atomic E-state index is 5.69. The molecule has 17 heavy (non-hydrogen) atoms. The van der Waals surface area contributed by atoms with E-state index in [-0.39, 0.29) is 0 Å². The Balaban J connectivity index is 1.98. The van der Waals surface area contributed by atoms with E-state index in [0.717, 1.165) is 25.4 Å². The fourth-order valence-corrected chi connectivity index (χ4v) is 1.69. The Labute approximate surface area is 109 Å². The molecule has 1 aromatic rings. The minimum atomic E-state index is 0.459. The Morgan fingerprint density at radius 2 is 2.12 bits per heavy atom. The summed E-state index contributed by atoms with van der Waals surface area (Å²) in [6.07, 6.45) is 2.41. The van der Waals surface area contributed by atoms with Gasteiger partial charge in [0.15, 0.2) is 5.22 Å². The number of nitrogens with one attached hydrogen (secondary N) is 1. The first-order valence-electron chi connectivity index (χ1n) is 6.24. The van der Waals surface area contributed by atoms with E-state index in [4.69, 9.17) is 16.0 Å². The van der Waals surface area contributed by atoms with Crippen molar-refractivity contribution < 1.29 is 4.42 Å². The predicted molar refractivity (Wildman–Crippen MR) is 72.4 cm³/mol. The fourth-order valence-electron chi connectivity index (χ4n) is 1.53. The van der Waals surface area contributed by atoms with Crippen LogP contribution in [0.3, 0.4) is 0 Å². The summed E-state index contributed by atoms with van der Waals surface area (Å²) < 4.78 is 5.25. The van der Waals surface area contributed by atoms with E-state index in [1.165, 1.54) is 12.8 Å². The van der Waals surface area contributed by atoms with Gasteiger partial charge in [-0.05, 0) is 70.6 Å². The number of hydrogen-bond donors (Lipinski definition) is 1. The van der Waals surface area contributed by atoms with Crippen LogP contribution in [0.1, 0.15) is 32.4 Å². The second-order valence-corrected chi connectivity index (χ2v) is 5.04. The quantitative estimate of drug-likeness (QED) is 0.726. The van der Waals surface area contributed by atoms with E-state index in [1.807, 2.05) is 6.07 Å². The standard InChI is InChI=1S/C13H23ClN2O/c1-11(2)16(3)9-5-4-8-15-10-12-6-7-13(14)17-12/h6-7,11,15H,4-5,8-10H2,1-3H3. The van der Waals surface area contributed by atoms with Gasteiger partial charge in [-0.15, -0.1) is 0 Å². The Bertz CT molecular complexity index is 312. The lowest BCUT2D eigenvalue weighted by Gasteiger charge is -2.20. The summed E-state index contributed by atoms with van der Waals surface area (Å²) in [5.41, 5.74) is 0. The molecule has 0 unspecified atom stereocenters. The molecule has 0 amide bonds. The molecule has 3 nitrogen and oxygen atoms in total. The number of unbranched alkanes of at least 4 members (excludes halogenated alkanes) is 1. The lowest BCUT2D eigenvalue weighted by Crippen LogP contribution is -2.27. The maximum Gasteiger partial charge on any atom is 0.193 e. The molecule has 0 aliphatic rings. The van der Waals surface area contributed by atoms with Crippen LogP contribution in [0.2, 0.25) is 5.22 Å². The molecule has 0 aliphatic carbocycles. The van der Waals surface area contributed by atoms with Crippen molar-refractivity contribution in [1.29, 1.82) is 0 Å². The predicted octanol–water partition coefficient (Wildman–Crippen LogP) is 3.14. The maximum absolute atomic E-state index is 5.69. The molecule has 1 heterocycles. The molecule has 4 heteroatoms. The largest absolute Gasteiger partial charge is 0.448 e. The molecule has 0 bridgehead atoms. The van der Waals surface area contributed by atoms with Crippen LogP contribution in [0.25, 0.3) is 0 Å². The Kier molecular flexibility index (Phi) is 6.63. The topological polar surface area (TPSA) is 28.4 Å². The Morgan fingerprint density at radius 1 is 1.35 bits per heavy atom. The molecule has 1 N–H and O–H groups in total. The monoisotopic (exact) mass is 258 g/mol. The summed E-state index contributed by atoms with van der Waals surface area (Å²) in [6.45, 7) is 7.38. The van der Waals surface area contributed by atoms with Crippen LogP contribution < -0.4 is 5.32 Å². The average molecular weight is 259 g/mol. The van der Waals surface area contributed by atoms with Crippen LogP contribution in [0.15, 0.2) is 16.5 Å². The van der Waals surface area contributed by atoms with Crippen molar-refractivity contribution in [2.75, 3.05) is 20.1 Å². The molecule has 0 aliphatic heterocycles. The van der Waals surface area contributed by atoms with Crippen molar-refractivity contribution in [2.24, 2.45) is 0 Å². The fraction of sp³-hybridized carbons (Fsp3) is 0.692. The SMILES string of the molecule is CC(C)N(C)CCCCNCc1ccc(Cl)o1. The highest BCUT2D eigenvalue weighted by Crippen LogP contribution is 2.12. The van der Waals surface area contributed by atoms with Crippen LogP contribution >= 0.6 is 11.6 Å². The first kappa shape index (κ1) is 14.6. The van der Waals surface area contributed by atoms with Gasteiger partial charge in [-0.1, -0.05) is 0 Å². The lowest BCUT2D eigenvalue weighted by atomic mass is 10.2. The van der Waals surface area contributed by atoms with Crippen molar-refractivity contribution in [2.45, 2.75) is 39.3 Å². The molecule has 0 radical (unpaired) electrons. The normalized spacial score (nSPS) is 11.6. The smallest absolute Gasteiger partial charge is 0.193 e. The second-order valence-electron chi connectivity index (χ2n) is 4.66. The molecule has 0 fully saturated rings. The van der Waals surface area contributed by atoms with E-state index in [9.17, 15) is 0 Å². The van der Waals surface area contributed by atoms with Crippen LogP contribution in [0, 0.1) is 0 Å². The van der Waals surface area contributed by atoms with Crippen molar-refractivity contribution in [3.8, 4) is 0 Å². The minimum absolute atomic E-state index is 0.459. The van der Waals surface area contributed by atoms with Gasteiger partial charge in [0.1, 0.15) is 5.76 Å². The summed E-state index contributed by atoms with van der Waals surface area (Å²) in [7, 11) is 2.17. The first-order chi connectivity index (χ1) is 8.09. The molecule has 98 valence electrons. The summed E-state index contributed by atoms with van der Waals surface area (Å²) in [4.78, 5) is 2.37. The highest BCUT2D eigenvalue weighted by molar-refractivity contribution is 6.28. The summed E-state index contributed by atoms with van der Waals surface area (Å²) in [6, 6.07) is 4.31. The Morgan fingerprint density at radius 3 is 2.71 bits per heavy atom. The van der Waals surface area contributed by atoms with E-state index >= 15 is 0 Å². The van der Waals surface area contributed by atoms with E-state index in [2.05, 4.69) is 31.1 Å². The zero-order valence-electron chi connectivity index (χ0n) is 11.0. The number of hydrogen-bond acceptors (Lipinski definition) is 3. The molecule has 1 rings (SSSR count). The van der Waals surface area contributed by atoms with Crippen molar-refractivity contribution in [3.63, 3.8) is 0 Å². The third kappa shape index (κ3) is 6.10. The lowest BCUT2D eigenvalue weighted by molar-refractivity contribution is 0.268. The van der Waals surface area contributed by atoms with Gasteiger partial charge in [0.05, 0.1) is 6.54 Å². The van der Waals surface area contributed by atoms with E-state index < -0.39 is 0 Å². The van der Waals surface area contributed by atoms with Gasteiger partial charge in [-0.2, -0.15) is 0 Å². The third-order valence-electron chi connectivity index (χ3n) is 2.92. The van der Waals surface area contributed by atoms with Gasteiger partial charge in [-0.3, -0.25) is 0 Å². The second kappa shape index (κ2) is 7.75. The van der Waals surface area contributed by atoms with Crippen LogP contribution in [-0.2, 0) is 6.54 Å². The molecular formula is C13H23ClN2O. The highest BCUT2D eigenvalue weighted by atomic mass is 35.5. The van der Waals surface area contributed by atoms with Crippen LogP contribution in [0.4, 0.5) is 0 Å². The Hall–Kier alpha value is -0.510.